The highest BCUT2D eigenvalue weighted by molar-refractivity contribution is 7.15. The molecule has 0 radical (unpaired) electrons. The van der Waals surface area contributed by atoms with Gasteiger partial charge in [-0.15, -0.1) is 22.7 Å². The molecule has 0 aliphatic rings. The van der Waals surface area contributed by atoms with E-state index in [1.54, 1.807) is 11.4 Å². The first-order valence-electron chi connectivity index (χ1n) is 6.45. The van der Waals surface area contributed by atoms with Gasteiger partial charge in [0.2, 0.25) is 0 Å². The number of aliphatic hydroxyl groups is 1. The van der Waals surface area contributed by atoms with Crippen molar-refractivity contribution in [3.63, 3.8) is 0 Å². The number of rotatable bonds is 4. The molecule has 7 heteroatoms. The van der Waals surface area contributed by atoms with Crippen LogP contribution >= 0.6 is 22.7 Å². The zero-order valence-corrected chi connectivity index (χ0v) is 13.2. The zero-order chi connectivity index (χ0) is 15.7. The maximum absolute atomic E-state index is 11.0. The molecule has 112 valence electrons. The van der Waals surface area contributed by atoms with Gasteiger partial charge in [0.05, 0.1) is 39.0 Å². The fourth-order valence-electron chi connectivity index (χ4n) is 2.04. The van der Waals surface area contributed by atoms with Crippen LogP contribution in [-0.2, 0) is 6.61 Å². The Morgan fingerprint density at radius 3 is 2.68 bits per heavy atom. The quantitative estimate of drug-likeness (QED) is 0.765. The van der Waals surface area contributed by atoms with Crippen molar-refractivity contribution in [2.24, 2.45) is 0 Å². The third-order valence-corrected chi connectivity index (χ3v) is 5.17. The largest absolute Gasteiger partial charge is 0.478 e. The smallest absolute Gasteiger partial charge is 0.336 e. The van der Waals surface area contributed by atoms with Gasteiger partial charge >= 0.3 is 5.97 Å². The van der Waals surface area contributed by atoms with E-state index in [1.165, 1.54) is 22.7 Å². The number of thiazole rings is 1. The minimum absolute atomic E-state index is 0.0852. The second kappa shape index (κ2) is 5.96. The molecule has 0 saturated carbocycles. The van der Waals surface area contributed by atoms with E-state index in [4.69, 9.17) is 5.11 Å². The first-order valence-corrected chi connectivity index (χ1v) is 8.15. The molecule has 0 aromatic carbocycles. The topological polar surface area (TPSA) is 83.3 Å². The van der Waals surface area contributed by atoms with Crippen molar-refractivity contribution in [1.29, 1.82) is 0 Å². The maximum atomic E-state index is 11.0. The molecular weight excluding hydrogens is 320 g/mol. The molecule has 0 amide bonds. The van der Waals surface area contributed by atoms with E-state index in [0.717, 1.165) is 26.8 Å². The van der Waals surface area contributed by atoms with Crippen LogP contribution in [0, 0.1) is 6.92 Å². The number of aliphatic hydroxyl groups excluding tert-OH is 1. The fourth-order valence-corrected chi connectivity index (χ4v) is 3.79. The van der Waals surface area contributed by atoms with Crippen LogP contribution in [0.15, 0.2) is 29.6 Å². The molecule has 0 atom stereocenters. The number of carbonyl (C=O) groups is 1. The molecule has 3 rings (SSSR count). The summed E-state index contributed by atoms with van der Waals surface area (Å²) in [6.07, 6.45) is 0. The van der Waals surface area contributed by atoms with Crippen LogP contribution < -0.4 is 0 Å². The van der Waals surface area contributed by atoms with E-state index in [2.05, 4.69) is 9.97 Å². The molecular formula is C15H12N2O3S2. The first kappa shape index (κ1) is 14.8. The number of aryl methyl sites for hydroxylation is 1. The molecule has 5 nitrogen and oxygen atoms in total. The summed E-state index contributed by atoms with van der Waals surface area (Å²) in [5, 5.41) is 20.4. The van der Waals surface area contributed by atoms with Gasteiger partial charge in [0.25, 0.3) is 0 Å². The average Bonchev–Trinajstić information content (AvgIpc) is 3.14. The standard InChI is InChI=1S/C15H12N2O3S2/c1-8-14(22-13(6-18)16-8)11-4-2-3-10(17-11)12-5-9(7-21-12)15(19)20/h2-5,7,18H,6H2,1H3,(H,19,20). The number of pyridine rings is 1. The van der Waals surface area contributed by atoms with Crippen LogP contribution in [0.3, 0.4) is 0 Å². The highest BCUT2D eigenvalue weighted by atomic mass is 32.1. The summed E-state index contributed by atoms with van der Waals surface area (Å²) in [6.45, 7) is 1.80. The first-order chi connectivity index (χ1) is 10.6. The molecule has 3 aromatic rings. The Bertz CT molecular complexity index is 839. The second-order valence-corrected chi connectivity index (χ2v) is 6.59. The van der Waals surface area contributed by atoms with Gasteiger partial charge in [-0.2, -0.15) is 0 Å². The summed E-state index contributed by atoms with van der Waals surface area (Å²) >= 11 is 2.77. The van der Waals surface area contributed by atoms with Gasteiger partial charge in [-0.3, -0.25) is 0 Å². The number of aromatic nitrogens is 2. The summed E-state index contributed by atoms with van der Waals surface area (Å²) in [5.74, 6) is -0.940. The summed E-state index contributed by atoms with van der Waals surface area (Å²) in [5.41, 5.74) is 2.60. The molecule has 0 unspecified atom stereocenters. The molecule has 3 aromatic heterocycles. The third-order valence-electron chi connectivity index (χ3n) is 3.06. The highest BCUT2D eigenvalue weighted by Gasteiger charge is 2.13. The van der Waals surface area contributed by atoms with E-state index in [-0.39, 0.29) is 12.2 Å². The molecule has 22 heavy (non-hydrogen) atoms. The van der Waals surface area contributed by atoms with Gasteiger partial charge in [-0.25, -0.2) is 14.8 Å². The minimum Gasteiger partial charge on any atom is -0.478 e. The van der Waals surface area contributed by atoms with Gasteiger partial charge < -0.3 is 10.2 Å². The van der Waals surface area contributed by atoms with Gasteiger partial charge in [0, 0.05) is 5.38 Å². The predicted molar refractivity (Wildman–Crippen MR) is 86.3 cm³/mol. The molecule has 2 N–H and O–H groups in total. The van der Waals surface area contributed by atoms with E-state index < -0.39 is 5.97 Å². The van der Waals surface area contributed by atoms with E-state index in [1.807, 2.05) is 25.1 Å². The van der Waals surface area contributed by atoms with Crippen LogP contribution in [-0.4, -0.2) is 26.2 Å². The number of hydrogen-bond donors (Lipinski definition) is 2. The van der Waals surface area contributed by atoms with E-state index >= 15 is 0 Å². The van der Waals surface area contributed by atoms with Gasteiger partial charge in [-0.1, -0.05) is 6.07 Å². The molecule has 0 spiro atoms. The molecule has 0 bridgehead atoms. The van der Waals surface area contributed by atoms with Crippen LogP contribution in [0.4, 0.5) is 0 Å². The van der Waals surface area contributed by atoms with Crippen molar-refractivity contribution in [2.45, 2.75) is 13.5 Å². The molecule has 0 aliphatic heterocycles. The monoisotopic (exact) mass is 332 g/mol. The Balaban J connectivity index is 2.01. The lowest BCUT2D eigenvalue weighted by Gasteiger charge is -2.01. The Labute approximate surface area is 134 Å². The Hall–Kier alpha value is -2.09. The zero-order valence-electron chi connectivity index (χ0n) is 11.6. The summed E-state index contributed by atoms with van der Waals surface area (Å²) in [4.78, 5) is 21.6. The second-order valence-electron chi connectivity index (χ2n) is 4.59. The summed E-state index contributed by atoms with van der Waals surface area (Å²) in [7, 11) is 0. The number of carboxylic acid groups (broad SMARTS) is 1. The Kier molecular flexibility index (Phi) is 4.02. The number of thiophene rings is 1. The Morgan fingerprint density at radius 2 is 2.05 bits per heavy atom. The van der Waals surface area contributed by atoms with Crippen molar-refractivity contribution < 1.29 is 15.0 Å². The number of hydrogen-bond acceptors (Lipinski definition) is 6. The minimum atomic E-state index is -0.940. The van der Waals surface area contributed by atoms with Crippen molar-refractivity contribution in [3.05, 3.63) is 45.9 Å². The van der Waals surface area contributed by atoms with Crippen molar-refractivity contribution in [1.82, 2.24) is 9.97 Å². The van der Waals surface area contributed by atoms with Crippen molar-refractivity contribution in [3.8, 4) is 21.1 Å². The van der Waals surface area contributed by atoms with E-state index in [0.29, 0.717) is 5.01 Å². The molecule has 0 aliphatic carbocycles. The lowest BCUT2D eigenvalue weighted by atomic mass is 10.2. The van der Waals surface area contributed by atoms with Crippen LogP contribution in [0.25, 0.3) is 21.1 Å². The normalized spacial score (nSPS) is 10.8. The SMILES string of the molecule is Cc1nc(CO)sc1-c1cccc(-c2cc(C(=O)O)cs2)n1. The Morgan fingerprint density at radius 1 is 1.27 bits per heavy atom. The number of aromatic carboxylic acids is 1. The average molecular weight is 332 g/mol. The van der Waals surface area contributed by atoms with Crippen molar-refractivity contribution >= 4 is 28.6 Å². The summed E-state index contributed by atoms with van der Waals surface area (Å²) < 4.78 is 0. The molecule has 0 saturated heterocycles. The highest BCUT2D eigenvalue weighted by Crippen LogP contribution is 2.32. The van der Waals surface area contributed by atoms with E-state index in [9.17, 15) is 9.90 Å². The van der Waals surface area contributed by atoms with Gasteiger partial charge in [0.15, 0.2) is 0 Å². The lowest BCUT2D eigenvalue weighted by Crippen LogP contribution is -1.91. The lowest BCUT2D eigenvalue weighted by molar-refractivity contribution is 0.0697. The van der Waals surface area contributed by atoms with Crippen LogP contribution in [0.5, 0.6) is 0 Å². The van der Waals surface area contributed by atoms with Crippen LogP contribution in [0.2, 0.25) is 0 Å². The number of nitrogens with zero attached hydrogens (tertiary/aromatic N) is 2. The predicted octanol–water partition coefficient (Wildman–Crippen LogP) is 3.43. The molecule has 0 fully saturated rings. The van der Waals surface area contributed by atoms with Crippen LogP contribution in [0.1, 0.15) is 21.1 Å². The van der Waals surface area contributed by atoms with Gasteiger partial charge in [0.1, 0.15) is 5.01 Å². The molecule has 3 heterocycles. The number of carboxylic acids is 1. The van der Waals surface area contributed by atoms with Crippen molar-refractivity contribution in [2.75, 3.05) is 0 Å². The fraction of sp³-hybridized carbons (Fsp3) is 0.133. The summed E-state index contributed by atoms with van der Waals surface area (Å²) in [6, 6.07) is 7.24. The third kappa shape index (κ3) is 2.78. The van der Waals surface area contributed by atoms with Gasteiger partial charge in [-0.05, 0) is 25.1 Å². The maximum Gasteiger partial charge on any atom is 0.336 e.